The minimum atomic E-state index is -4.03. The number of hydrogen-bond acceptors (Lipinski definition) is 7. The van der Waals surface area contributed by atoms with Crippen molar-refractivity contribution in [3.05, 3.63) is 56.4 Å². The van der Waals surface area contributed by atoms with E-state index in [1.54, 1.807) is 23.5 Å². The molecule has 0 bridgehead atoms. The van der Waals surface area contributed by atoms with Crippen LogP contribution in [0.15, 0.2) is 34.0 Å². The molecule has 1 amide bonds. The van der Waals surface area contributed by atoms with E-state index in [1.807, 2.05) is 6.92 Å². The molecule has 1 aromatic carbocycles. The first-order valence-electron chi connectivity index (χ1n) is 11.7. The summed E-state index contributed by atoms with van der Waals surface area (Å²) >= 11 is 1.58. The van der Waals surface area contributed by atoms with Gasteiger partial charge in [0.15, 0.2) is 0 Å². The minimum absolute atomic E-state index is 0.0107. The van der Waals surface area contributed by atoms with Crippen LogP contribution >= 0.6 is 11.3 Å². The zero-order chi connectivity index (χ0) is 23.9. The molecule has 2 aromatic heterocycles. The molecular formula is C24H28N4O4S2. The average Bonchev–Trinajstić information content (AvgIpc) is 3.43. The number of nitrogens with one attached hydrogen (secondary N) is 1. The van der Waals surface area contributed by atoms with Crippen LogP contribution in [0.5, 0.6) is 0 Å². The largest absolute Gasteiger partial charge is 0.296 e. The van der Waals surface area contributed by atoms with E-state index in [4.69, 9.17) is 4.98 Å². The van der Waals surface area contributed by atoms with Gasteiger partial charge in [0.1, 0.15) is 17.2 Å². The first-order chi connectivity index (χ1) is 16.3. The van der Waals surface area contributed by atoms with E-state index >= 15 is 0 Å². The Morgan fingerprint density at radius 3 is 2.53 bits per heavy atom. The second-order valence-corrected chi connectivity index (χ2v) is 11.9. The highest BCUT2D eigenvalue weighted by molar-refractivity contribution is 7.90. The van der Waals surface area contributed by atoms with Crippen LogP contribution in [0.4, 0.5) is 0 Å². The second kappa shape index (κ2) is 9.24. The Morgan fingerprint density at radius 2 is 1.79 bits per heavy atom. The third kappa shape index (κ3) is 4.54. The van der Waals surface area contributed by atoms with Gasteiger partial charge in [-0.3, -0.25) is 19.1 Å². The number of benzene rings is 1. The molecule has 2 aliphatic rings. The van der Waals surface area contributed by atoms with Crippen molar-refractivity contribution in [2.45, 2.75) is 63.4 Å². The monoisotopic (exact) mass is 500 g/mol. The van der Waals surface area contributed by atoms with E-state index in [0.717, 1.165) is 67.6 Å². The molecule has 180 valence electrons. The number of hydrogen-bond donors (Lipinski definition) is 1. The van der Waals surface area contributed by atoms with Gasteiger partial charge in [-0.05, 0) is 76.2 Å². The summed E-state index contributed by atoms with van der Waals surface area (Å²) in [6.07, 6.45) is 6.11. The average molecular weight is 501 g/mol. The molecule has 34 heavy (non-hydrogen) atoms. The fourth-order valence-electron chi connectivity index (χ4n) is 4.81. The van der Waals surface area contributed by atoms with Crippen molar-refractivity contribution in [1.82, 2.24) is 19.2 Å². The number of sulfonamides is 1. The molecule has 8 nitrogen and oxygen atoms in total. The predicted octanol–water partition coefficient (Wildman–Crippen LogP) is 2.75. The van der Waals surface area contributed by atoms with E-state index in [9.17, 15) is 18.0 Å². The van der Waals surface area contributed by atoms with E-state index in [-0.39, 0.29) is 17.0 Å². The fourth-order valence-corrected chi connectivity index (χ4v) is 7.05. The maximum Gasteiger partial charge on any atom is 0.264 e. The van der Waals surface area contributed by atoms with E-state index in [2.05, 4.69) is 9.62 Å². The van der Waals surface area contributed by atoms with Crippen molar-refractivity contribution < 1.29 is 13.2 Å². The molecule has 1 aliphatic carbocycles. The molecule has 3 heterocycles. The molecule has 5 rings (SSSR count). The van der Waals surface area contributed by atoms with Gasteiger partial charge in [0.2, 0.25) is 0 Å². The number of carbonyl (C=O) groups excluding carboxylic acids is 1. The van der Waals surface area contributed by atoms with Crippen molar-refractivity contribution in [3.63, 3.8) is 0 Å². The van der Waals surface area contributed by atoms with Gasteiger partial charge in [-0.1, -0.05) is 17.7 Å². The maximum absolute atomic E-state index is 13.6. The van der Waals surface area contributed by atoms with E-state index in [1.165, 1.54) is 21.6 Å². The zero-order valence-electron chi connectivity index (χ0n) is 19.2. The molecule has 1 fully saturated rings. The quantitative estimate of drug-likeness (QED) is 0.559. The van der Waals surface area contributed by atoms with Gasteiger partial charge < -0.3 is 0 Å². The Bertz CT molecular complexity index is 1400. The normalized spacial score (nSPS) is 16.6. The van der Waals surface area contributed by atoms with Crippen LogP contribution in [0.25, 0.3) is 10.2 Å². The number of thiophene rings is 1. The second-order valence-electron chi connectivity index (χ2n) is 9.14. The molecule has 0 saturated carbocycles. The number of likely N-dealkylation sites (tertiary alicyclic amines) is 1. The van der Waals surface area contributed by atoms with Crippen molar-refractivity contribution in [3.8, 4) is 0 Å². The number of rotatable bonds is 6. The SMILES string of the molecule is Cc1ccc(S(=O)(=O)NC(=O)Cn2c(CN3CCCC3)nc3sc4c(c3c2=O)CCCC4)cc1. The Morgan fingerprint density at radius 1 is 1.09 bits per heavy atom. The van der Waals surface area contributed by atoms with E-state index in [0.29, 0.717) is 17.8 Å². The topological polar surface area (TPSA) is 101 Å². The van der Waals surface area contributed by atoms with E-state index < -0.39 is 15.9 Å². The molecule has 10 heteroatoms. The van der Waals surface area contributed by atoms with Crippen LogP contribution < -0.4 is 10.3 Å². The number of fused-ring (bicyclic) bond motifs is 3. The van der Waals surface area contributed by atoms with Gasteiger partial charge >= 0.3 is 0 Å². The third-order valence-electron chi connectivity index (χ3n) is 6.60. The van der Waals surface area contributed by atoms with Crippen molar-refractivity contribution in [2.75, 3.05) is 13.1 Å². The summed E-state index contributed by atoms with van der Waals surface area (Å²) in [7, 11) is -4.03. The lowest BCUT2D eigenvalue weighted by Crippen LogP contribution is -2.38. The van der Waals surface area contributed by atoms with Crippen LogP contribution in [0.1, 0.15) is 47.5 Å². The first-order valence-corrected chi connectivity index (χ1v) is 14.0. The molecule has 0 spiro atoms. The lowest BCUT2D eigenvalue weighted by molar-refractivity contribution is -0.120. The van der Waals surface area contributed by atoms with Gasteiger partial charge in [-0.15, -0.1) is 11.3 Å². The minimum Gasteiger partial charge on any atom is -0.296 e. The number of aryl methyl sites for hydroxylation is 3. The van der Waals surface area contributed by atoms with Crippen molar-refractivity contribution in [1.29, 1.82) is 0 Å². The summed E-state index contributed by atoms with van der Waals surface area (Å²) in [5.74, 6) is -0.239. The number of carbonyl (C=O) groups is 1. The Balaban J connectivity index is 1.50. The Labute approximate surface area is 202 Å². The molecule has 0 radical (unpaired) electrons. The van der Waals surface area contributed by atoms with Crippen LogP contribution in [0.2, 0.25) is 0 Å². The van der Waals surface area contributed by atoms with Crippen LogP contribution in [0, 0.1) is 6.92 Å². The van der Waals surface area contributed by atoms with Gasteiger partial charge in [-0.2, -0.15) is 0 Å². The number of nitrogens with zero attached hydrogens (tertiary/aromatic N) is 3. The molecule has 1 aliphatic heterocycles. The van der Waals surface area contributed by atoms with Gasteiger partial charge in [0.05, 0.1) is 16.8 Å². The summed E-state index contributed by atoms with van der Waals surface area (Å²) in [5.41, 5.74) is 1.72. The molecule has 0 unspecified atom stereocenters. The van der Waals surface area contributed by atoms with Gasteiger partial charge in [0, 0.05) is 4.88 Å². The maximum atomic E-state index is 13.6. The van der Waals surface area contributed by atoms with Gasteiger partial charge in [0.25, 0.3) is 21.5 Å². The Hall–Kier alpha value is -2.56. The molecule has 0 atom stereocenters. The van der Waals surface area contributed by atoms with Crippen molar-refractivity contribution >= 4 is 37.5 Å². The predicted molar refractivity (Wildman–Crippen MR) is 132 cm³/mol. The fraction of sp³-hybridized carbons (Fsp3) is 0.458. The van der Waals surface area contributed by atoms with Crippen molar-refractivity contribution in [2.24, 2.45) is 0 Å². The number of aromatic nitrogens is 2. The summed E-state index contributed by atoms with van der Waals surface area (Å²) < 4.78 is 28.9. The van der Waals surface area contributed by atoms with Crippen LogP contribution in [0.3, 0.4) is 0 Å². The highest BCUT2D eigenvalue weighted by Crippen LogP contribution is 2.34. The smallest absolute Gasteiger partial charge is 0.264 e. The Kier molecular flexibility index (Phi) is 6.30. The summed E-state index contributed by atoms with van der Waals surface area (Å²) in [4.78, 5) is 35.5. The highest BCUT2D eigenvalue weighted by atomic mass is 32.2. The van der Waals surface area contributed by atoms with Gasteiger partial charge in [-0.25, -0.2) is 18.1 Å². The molecule has 3 aromatic rings. The summed E-state index contributed by atoms with van der Waals surface area (Å²) in [6.45, 7) is 3.77. The summed E-state index contributed by atoms with van der Waals surface area (Å²) in [6, 6.07) is 6.27. The zero-order valence-corrected chi connectivity index (χ0v) is 20.8. The molecule has 1 N–H and O–H groups in total. The van der Waals surface area contributed by atoms with Crippen LogP contribution in [-0.4, -0.2) is 41.9 Å². The lowest BCUT2D eigenvalue weighted by Gasteiger charge is -2.18. The number of amides is 1. The first kappa shape index (κ1) is 23.2. The standard InChI is InChI=1S/C24H28N4O4S2/c1-16-8-10-17(11-9-16)34(31,32)26-21(29)15-28-20(14-27-12-4-5-13-27)25-23-22(24(28)30)18-6-2-3-7-19(18)33-23/h8-11H,2-7,12-15H2,1H3,(H,26,29). The molecular weight excluding hydrogens is 472 g/mol. The lowest BCUT2D eigenvalue weighted by atomic mass is 9.97. The summed E-state index contributed by atoms with van der Waals surface area (Å²) in [5, 5.41) is 0.596. The third-order valence-corrected chi connectivity index (χ3v) is 9.17. The molecule has 1 saturated heterocycles. The van der Waals surface area contributed by atoms with Crippen LogP contribution in [-0.2, 0) is 40.7 Å². The highest BCUT2D eigenvalue weighted by Gasteiger charge is 2.25.